The molecular formula is C24H25ClN4O2. The van der Waals surface area contributed by atoms with E-state index in [-0.39, 0.29) is 0 Å². The molecule has 0 unspecified atom stereocenters. The van der Waals surface area contributed by atoms with Crippen molar-refractivity contribution < 1.29 is 9.47 Å². The van der Waals surface area contributed by atoms with Crippen molar-refractivity contribution in [2.45, 2.75) is 39.9 Å². The van der Waals surface area contributed by atoms with Crippen molar-refractivity contribution in [2.24, 2.45) is 5.92 Å². The topological polar surface area (TPSA) is 51.9 Å². The van der Waals surface area contributed by atoms with Gasteiger partial charge in [0.25, 0.3) is 0 Å². The van der Waals surface area contributed by atoms with Crippen molar-refractivity contribution in [3.8, 4) is 28.7 Å². The molecule has 0 N–H and O–H groups in total. The number of aryl methyl sites for hydroxylation is 1. The number of fused-ring (bicyclic) bond motifs is 2. The second-order valence-electron chi connectivity index (χ2n) is 8.15. The van der Waals surface area contributed by atoms with E-state index in [4.69, 9.17) is 31.2 Å². The number of methoxy groups -OCH3 is 1. The van der Waals surface area contributed by atoms with E-state index in [1.807, 2.05) is 36.6 Å². The third-order valence-electron chi connectivity index (χ3n) is 5.95. The van der Waals surface area contributed by atoms with Gasteiger partial charge in [0, 0.05) is 17.7 Å². The van der Waals surface area contributed by atoms with Crippen LogP contribution < -0.4 is 9.64 Å². The molecule has 2 aromatic heterocycles. The molecule has 1 fully saturated rings. The number of hydrogen-bond acceptors (Lipinski definition) is 5. The number of hydrogen-bond donors (Lipinski definition) is 0. The molecule has 7 heteroatoms. The molecule has 1 saturated carbocycles. The average Bonchev–Trinajstić information content (AvgIpc) is 3.36. The molecule has 0 bridgehead atoms. The Morgan fingerprint density at radius 1 is 1.32 bits per heavy atom. The molecule has 5 rings (SSSR count). The maximum absolute atomic E-state index is 6.64. The zero-order valence-electron chi connectivity index (χ0n) is 18.0. The fourth-order valence-corrected chi connectivity index (χ4v) is 4.48. The Morgan fingerprint density at radius 2 is 2.16 bits per heavy atom. The molecule has 1 aliphatic carbocycles. The first-order chi connectivity index (χ1) is 15.1. The molecule has 6 nitrogen and oxygen atoms in total. The van der Waals surface area contributed by atoms with Crippen LogP contribution in [0.15, 0.2) is 18.2 Å². The van der Waals surface area contributed by atoms with E-state index in [2.05, 4.69) is 16.7 Å². The maximum atomic E-state index is 6.64. The van der Waals surface area contributed by atoms with Crippen LogP contribution >= 0.6 is 11.6 Å². The van der Waals surface area contributed by atoms with E-state index in [1.165, 1.54) is 12.8 Å². The third-order valence-corrected chi connectivity index (χ3v) is 6.26. The summed E-state index contributed by atoms with van der Waals surface area (Å²) in [7, 11) is 1.64. The highest BCUT2D eigenvalue weighted by Gasteiger charge is 2.31. The van der Waals surface area contributed by atoms with Gasteiger partial charge in [0.1, 0.15) is 11.6 Å². The SMILES string of the molecule is CC#CCN(CC1CC1)c1c2c(nc3c(-c4ccc(OC)cc4Cl)c(C)nn13)COC2. The zero-order valence-corrected chi connectivity index (χ0v) is 18.8. The Balaban J connectivity index is 1.73. The van der Waals surface area contributed by atoms with Crippen LogP contribution in [-0.2, 0) is 18.0 Å². The number of ether oxygens (including phenoxy) is 2. The molecule has 0 saturated heterocycles. The van der Waals surface area contributed by atoms with Crippen LogP contribution in [-0.4, -0.2) is 34.8 Å². The lowest BCUT2D eigenvalue weighted by molar-refractivity contribution is 0.133. The largest absolute Gasteiger partial charge is 0.497 e. The van der Waals surface area contributed by atoms with E-state index >= 15 is 0 Å². The molecule has 3 heterocycles. The average molecular weight is 437 g/mol. The lowest BCUT2D eigenvalue weighted by atomic mass is 10.1. The lowest BCUT2D eigenvalue weighted by Gasteiger charge is -2.25. The zero-order chi connectivity index (χ0) is 21.5. The fourth-order valence-electron chi connectivity index (χ4n) is 4.21. The van der Waals surface area contributed by atoms with E-state index in [9.17, 15) is 0 Å². The van der Waals surface area contributed by atoms with Crippen LogP contribution in [0, 0.1) is 24.7 Å². The van der Waals surface area contributed by atoms with E-state index in [0.717, 1.165) is 51.8 Å². The number of benzene rings is 1. The number of anilines is 1. The van der Waals surface area contributed by atoms with Crippen LogP contribution in [0.25, 0.3) is 16.8 Å². The predicted molar refractivity (Wildman–Crippen MR) is 122 cm³/mol. The predicted octanol–water partition coefficient (Wildman–Crippen LogP) is 4.64. The minimum absolute atomic E-state index is 0.509. The Hall–Kier alpha value is -2.75. The Kier molecular flexibility index (Phi) is 5.25. The molecule has 1 aromatic carbocycles. The third kappa shape index (κ3) is 3.62. The standard InChI is InChI=1S/C24H25ClN4O2/c1-4-5-10-28(12-16-6-7-16)24-19-13-31-14-21(19)26-23-22(15(2)27-29(23)24)18-9-8-17(30-3)11-20(18)25/h8-9,11,16H,6-7,10,12-14H2,1-3H3. The summed E-state index contributed by atoms with van der Waals surface area (Å²) in [5, 5.41) is 5.54. The highest BCUT2D eigenvalue weighted by Crippen LogP contribution is 2.40. The van der Waals surface area contributed by atoms with Crippen molar-refractivity contribution in [3.63, 3.8) is 0 Å². The maximum Gasteiger partial charge on any atom is 0.165 e. The molecule has 2 aliphatic rings. The second-order valence-corrected chi connectivity index (χ2v) is 8.55. The summed E-state index contributed by atoms with van der Waals surface area (Å²) in [6, 6.07) is 5.71. The van der Waals surface area contributed by atoms with E-state index in [1.54, 1.807) is 7.11 Å². The molecule has 1 aliphatic heterocycles. The van der Waals surface area contributed by atoms with Gasteiger partial charge in [-0.1, -0.05) is 17.5 Å². The van der Waals surface area contributed by atoms with Crippen LogP contribution in [0.5, 0.6) is 5.75 Å². The van der Waals surface area contributed by atoms with Crippen molar-refractivity contribution in [2.75, 3.05) is 25.1 Å². The summed E-state index contributed by atoms with van der Waals surface area (Å²) in [4.78, 5) is 7.33. The monoisotopic (exact) mass is 436 g/mol. The van der Waals surface area contributed by atoms with Gasteiger partial charge in [-0.3, -0.25) is 0 Å². The molecule has 3 aromatic rings. The minimum atomic E-state index is 0.509. The Morgan fingerprint density at radius 3 is 2.87 bits per heavy atom. The summed E-state index contributed by atoms with van der Waals surface area (Å²) in [5.41, 5.74) is 5.61. The number of rotatable bonds is 6. The number of nitrogens with zero attached hydrogens (tertiary/aromatic N) is 4. The summed E-state index contributed by atoms with van der Waals surface area (Å²) < 4.78 is 13.1. The van der Waals surface area contributed by atoms with Gasteiger partial charge in [-0.25, -0.2) is 4.98 Å². The van der Waals surface area contributed by atoms with Crippen molar-refractivity contribution >= 4 is 23.1 Å². The smallest absolute Gasteiger partial charge is 0.165 e. The van der Waals surface area contributed by atoms with Gasteiger partial charge in [-0.2, -0.15) is 9.61 Å². The summed E-state index contributed by atoms with van der Waals surface area (Å²) in [5.74, 6) is 8.77. The quantitative estimate of drug-likeness (QED) is 0.527. The Bertz CT molecular complexity index is 1220. The molecule has 0 atom stereocenters. The van der Waals surface area contributed by atoms with Gasteiger partial charge in [0.05, 0.1) is 48.8 Å². The fraction of sp³-hybridized carbons (Fsp3) is 0.417. The van der Waals surface area contributed by atoms with E-state index < -0.39 is 0 Å². The van der Waals surface area contributed by atoms with Gasteiger partial charge >= 0.3 is 0 Å². The molecule has 0 amide bonds. The van der Waals surface area contributed by atoms with Crippen LogP contribution in [0.3, 0.4) is 0 Å². The van der Waals surface area contributed by atoms with Crippen LogP contribution in [0.1, 0.15) is 36.7 Å². The summed E-state index contributed by atoms with van der Waals surface area (Å²) >= 11 is 6.64. The number of aromatic nitrogens is 3. The molecule has 0 spiro atoms. The molecule has 160 valence electrons. The van der Waals surface area contributed by atoms with Crippen LogP contribution in [0.4, 0.5) is 5.82 Å². The minimum Gasteiger partial charge on any atom is -0.497 e. The first-order valence-electron chi connectivity index (χ1n) is 10.6. The van der Waals surface area contributed by atoms with Gasteiger partial charge in [0.2, 0.25) is 0 Å². The highest BCUT2D eigenvalue weighted by atomic mass is 35.5. The number of halogens is 1. The normalized spacial score (nSPS) is 15.0. The first-order valence-corrected chi connectivity index (χ1v) is 11.0. The van der Waals surface area contributed by atoms with Gasteiger partial charge in [-0.15, -0.1) is 5.92 Å². The van der Waals surface area contributed by atoms with Crippen molar-refractivity contribution in [3.05, 3.63) is 40.2 Å². The molecular weight excluding hydrogens is 412 g/mol. The van der Waals surface area contributed by atoms with Crippen molar-refractivity contribution in [1.29, 1.82) is 0 Å². The lowest BCUT2D eigenvalue weighted by Crippen LogP contribution is -2.30. The van der Waals surface area contributed by atoms with Crippen molar-refractivity contribution in [1.82, 2.24) is 14.6 Å². The highest BCUT2D eigenvalue weighted by molar-refractivity contribution is 6.33. The van der Waals surface area contributed by atoms with Gasteiger partial charge in [0.15, 0.2) is 5.65 Å². The Labute approximate surface area is 187 Å². The molecule has 31 heavy (non-hydrogen) atoms. The second kappa shape index (κ2) is 8.07. The van der Waals surface area contributed by atoms with Crippen LogP contribution in [0.2, 0.25) is 5.02 Å². The summed E-state index contributed by atoms with van der Waals surface area (Å²) in [6.07, 6.45) is 2.54. The molecule has 0 radical (unpaired) electrons. The first kappa shape index (κ1) is 20.2. The van der Waals surface area contributed by atoms with E-state index in [0.29, 0.717) is 30.7 Å². The summed E-state index contributed by atoms with van der Waals surface area (Å²) in [6.45, 7) is 6.58. The van der Waals surface area contributed by atoms with Gasteiger partial charge < -0.3 is 14.4 Å². The van der Waals surface area contributed by atoms with Gasteiger partial charge in [-0.05, 0) is 50.8 Å².